The van der Waals surface area contributed by atoms with Gasteiger partial charge in [-0.25, -0.2) is 0 Å². The van der Waals surface area contributed by atoms with Gasteiger partial charge in [-0.15, -0.1) is 0 Å². The normalized spacial score (nSPS) is 11.4. The predicted octanol–water partition coefficient (Wildman–Crippen LogP) is 6.03. The Labute approximate surface area is 176 Å². The van der Waals surface area contributed by atoms with Crippen LogP contribution >= 0.6 is 23.8 Å². The van der Waals surface area contributed by atoms with Crippen LogP contribution in [0.1, 0.15) is 22.5 Å². The summed E-state index contributed by atoms with van der Waals surface area (Å²) in [7, 11) is 0. The van der Waals surface area contributed by atoms with Crippen LogP contribution in [-0.2, 0) is 12.7 Å². The van der Waals surface area contributed by atoms with Gasteiger partial charge >= 0.3 is 6.18 Å². The zero-order valence-electron chi connectivity index (χ0n) is 15.6. The maximum Gasteiger partial charge on any atom is 0.416 e. The van der Waals surface area contributed by atoms with E-state index in [1.54, 1.807) is 4.68 Å². The number of nitrogens with one attached hydrogen (secondary N) is 2. The molecule has 0 radical (unpaired) electrons. The average Bonchev–Trinajstić information content (AvgIpc) is 2.90. The van der Waals surface area contributed by atoms with Crippen LogP contribution in [0, 0.1) is 13.8 Å². The van der Waals surface area contributed by atoms with Crippen molar-refractivity contribution in [1.82, 2.24) is 9.78 Å². The summed E-state index contributed by atoms with van der Waals surface area (Å²) in [5.41, 5.74) is 2.66. The number of aromatic nitrogens is 2. The van der Waals surface area contributed by atoms with Gasteiger partial charge in [-0.3, -0.25) is 4.68 Å². The average molecular weight is 439 g/mol. The number of hydrogen-bond donors (Lipinski definition) is 2. The lowest BCUT2D eigenvalue weighted by molar-refractivity contribution is -0.137. The molecule has 0 amide bonds. The largest absolute Gasteiger partial charge is 0.416 e. The lowest BCUT2D eigenvalue weighted by Gasteiger charge is -2.13. The van der Waals surface area contributed by atoms with Crippen molar-refractivity contribution in [2.45, 2.75) is 26.6 Å². The molecule has 0 spiro atoms. The molecule has 152 valence electrons. The highest BCUT2D eigenvalue weighted by Gasteiger charge is 2.30. The summed E-state index contributed by atoms with van der Waals surface area (Å²) >= 11 is 11.5. The molecule has 3 rings (SSSR count). The Hall–Kier alpha value is -2.58. The summed E-state index contributed by atoms with van der Waals surface area (Å²) in [6.45, 7) is 4.19. The highest BCUT2D eigenvalue weighted by molar-refractivity contribution is 7.80. The minimum absolute atomic E-state index is 0.174. The van der Waals surface area contributed by atoms with E-state index in [-0.39, 0.29) is 10.8 Å². The molecule has 2 N–H and O–H groups in total. The lowest BCUT2D eigenvalue weighted by atomic mass is 10.2. The summed E-state index contributed by atoms with van der Waals surface area (Å²) in [5, 5.41) is 11.2. The van der Waals surface area contributed by atoms with E-state index in [9.17, 15) is 13.2 Å². The van der Waals surface area contributed by atoms with Gasteiger partial charge in [0.25, 0.3) is 0 Å². The quantitative estimate of drug-likeness (QED) is 0.488. The molecule has 3 aromatic rings. The molecule has 0 aliphatic carbocycles. The van der Waals surface area contributed by atoms with Crippen molar-refractivity contribution in [2.75, 3.05) is 10.6 Å². The third-order valence-electron chi connectivity index (χ3n) is 4.35. The SMILES string of the molecule is Cc1nn(Cc2ccccc2Cl)c(C)c1NC(=S)Nc1cccc(C(F)(F)F)c1. The number of anilines is 2. The molecule has 0 aliphatic rings. The first-order valence-electron chi connectivity index (χ1n) is 8.68. The lowest BCUT2D eigenvalue weighted by Crippen LogP contribution is -2.20. The number of rotatable bonds is 4. The first-order chi connectivity index (χ1) is 13.6. The third kappa shape index (κ3) is 5.07. The molecule has 29 heavy (non-hydrogen) atoms. The monoisotopic (exact) mass is 438 g/mol. The Morgan fingerprint density at radius 2 is 1.83 bits per heavy atom. The minimum atomic E-state index is -4.42. The van der Waals surface area contributed by atoms with Crippen LogP contribution in [0.5, 0.6) is 0 Å². The number of benzene rings is 2. The smallest absolute Gasteiger partial charge is 0.332 e. The number of halogens is 4. The van der Waals surface area contributed by atoms with Crippen LogP contribution in [0.4, 0.5) is 24.5 Å². The second-order valence-corrected chi connectivity index (χ2v) is 7.27. The summed E-state index contributed by atoms with van der Waals surface area (Å²) in [5.74, 6) is 0. The Bertz CT molecular complexity index is 1050. The molecule has 4 nitrogen and oxygen atoms in total. The van der Waals surface area contributed by atoms with Gasteiger partial charge in [0, 0.05) is 10.7 Å². The molecule has 0 aliphatic heterocycles. The molecule has 0 saturated carbocycles. The molecule has 9 heteroatoms. The van der Waals surface area contributed by atoms with Crippen molar-refractivity contribution >= 4 is 40.3 Å². The van der Waals surface area contributed by atoms with Crippen LogP contribution in [0.3, 0.4) is 0 Å². The van der Waals surface area contributed by atoms with Crippen molar-refractivity contribution < 1.29 is 13.2 Å². The number of alkyl halides is 3. The van der Waals surface area contributed by atoms with Crippen LogP contribution in [0.2, 0.25) is 5.02 Å². The van der Waals surface area contributed by atoms with E-state index < -0.39 is 11.7 Å². The maximum atomic E-state index is 12.9. The van der Waals surface area contributed by atoms with Crippen molar-refractivity contribution in [1.29, 1.82) is 0 Å². The van der Waals surface area contributed by atoms with Gasteiger partial charge in [-0.1, -0.05) is 35.9 Å². The van der Waals surface area contributed by atoms with Crippen molar-refractivity contribution in [3.8, 4) is 0 Å². The Balaban J connectivity index is 1.74. The molecule has 0 unspecified atom stereocenters. The molecular weight excluding hydrogens is 421 g/mol. The molecule has 0 fully saturated rings. The number of aryl methyl sites for hydroxylation is 1. The molecule has 2 aromatic carbocycles. The zero-order valence-corrected chi connectivity index (χ0v) is 17.2. The van der Waals surface area contributed by atoms with Gasteiger partial charge in [-0.2, -0.15) is 18.3 Å². The van der Waals surface area contributed by atoms with Crippen LogP contribution in [0.25, 0.3) is 0 Å². The fraction of sp³-hybridized carbons (Fsp3) is 0.200. The summed E-state index contributed by atoms with van der Waals surface area (Å²) in [6.07, 6.45) is -4.42. The van der Waals surface area contributed by atoms with Gasteiger partial charge in [0.1, 0.15) is 0 Å². The molecule has 1 heterocycles. The standard InChI is InChI=1S/C20H18ClF3N4S/c1-12-18(13(2)28(27-12)11-14-6-3-4-9-17(14)21)26-19(29)25-16-8-5-7-15(10-16)20(22,23)24/h3-10H,11H2,1-2H3,(H2,25,26,29). The first kappa shape index (κ1) is 21.1. The Kier molecular flexibility index (Phi) is 6.14. The van der Waals surface area contributed by atoms with Gasteiger partial charge in [0.15, 0.2) is 5.11 Å². The van der Waals surface area contributed by atoms with Gasteiger partial charge in [0.05, 0.1) is 29.2 Å². The van der Waals surface area contributed by atoms with Crippen molar-refractivity contribution in [3.63, 3.8) is 0 Å². The molecule has 0 atom stereocenters. The van der Waals surface area contributed by atoms with E-state index in [0.29, 0.717) is 22.9 Å². The van der Waals surface area contributed by atoms with Crippen molar-refractivity contribution in [3.05, 3.63) is 76.1 Å². The third-order valence-corrected chi connectivity index (χ3v) is 4.92. The first-order valence-corrected chi connectivity index (χ1v) is 9.46. The summed E-state index contributed by atoms with van der Waals surface area (Å²) < 4.78 is 40.4. The summed E-state index contributed by atoms with van der Waals surface area (Å²) in [4.78, 5) is 0. The van der Waals surface area contributed by atoms with Crippen LogP contribution < -0.4 is 10.6 Å². The molecular formula is C20H18ClF3N4S. The summed E-state index contributed by atoms with van der Waals surface area (Å²) in [6, 6.07) is 12.4. The maximum absolute atomic E-state index is 12.9. The van der Waals surface area contributed by atoms with E-state index in [1.165, 1.54) is 12.1 Å². The number of hydrogen-bond acceptors (Lipinski definition) is 2. The Morgan fingerprint density at radius 3 is 2.52 bits per heavy atom. The second-order valence-electron chi connectivity index (χ2n) is 6.45. The fourth-order valence-corrected chi connectivity index (χ4v) is 3.28. The second kappa shape index (κ2) is 8.42. The van der Waals surface area contributed by atoms with E-state index in [4.69, 9.17) is 23.8 Å². The molecule has 0 saturated heterocycles. The van der Waals surface area contributed by atoms with Crippen molar-refractivity contribution in [2.24, 2.45) is 0 Å². The zero-order chi connectivity index (χ0) is 21.2. The van der Waals surface area contributed by atoms with E-state index >= 15 is 0 Å². The highest BCUT2D eigenvalue weighted by Crippen LogP contribution is 2.31. The van der Waals surface area contributed by atoms with Crippen LogP contribution in [-0.4, -0.2) is 14.9 Å². The Morgan fingerprint density at radius 1 is 1.10 bits per heavy atom. The van der Waals surface area contributed by atoms with Gasteiger partial charge in [0.2, 0.25) is 0 Å². The minimum Gasteiger partial charge on any atom is -0.332 e. The van der Waals surface area contributed by atoms with E-state index in [2.05, 4.69) is 15.7 Å². The number of thiocarbonyl (C=S) groups is 1. The predicted molar refractivity (Wildman–Crippen MR) is 114 cm³/mol. The number of nitrogens with zero attached hydrogens (tertiary/aromatic N) is 2. The topological polar surface area (TPSA) is 41.9 Å². The fourth-order valence-electron chi connectivity index (χ4n) is 2.87. The van der Waals surface area contributed by atoms with E-state index in [1.807, 2.05) is 38.1 Å². The molecule has 0 bridgehead atoms. The highest BCUT2D eigenvalue weighted by atomic mass is 35.5. The van der Waals surface area contributed by atoms with Gasteiger partial charge in [-0.05, 0) is 55.9 Å². The van der Waals surface area contributed by atoms with E-state index in [0.717, 1.165) is 23.4 Å². The van der Waals surface area contributed by atoms with Crippen LogP contribution in [0.15, 0.2) is 48.5 Å². The molecule has 1 aromatic heterocycles. The van der Waals surface area contributed by atoms with Gasteiger partial charge < -0.3 is 10.6 Å².